The van der Waals surface area contributed by atoms with E-state index in [9.17, 15) is 0 Å². The predicted molar refractivity (Wildman–Crippen MR) is 195 cm³/mol. The molecule has 216 valence electrons. The minimum atomic E-state index is 0.986. The molecule has 0 aliphatic carbocycles. The summed E-state index contributed by atoms with van der Waals surface area (Å²) < 4.78 is 2.24. The van der Waals surface area contributed by atoms with Gasteiger partial charge in [-0.15, -0.1) is 0 Å². The molecule has 0 saturated heterocycles. The van der Waals surface area contributed by atoms with E-state index in [-0.39, 0.29) is 0 Å². The Morgan fingerprint density at radius 1 is 0.413 bits per heavy atom. The van der Waals surface area contributed by atoms with E-state index >= 15 is 0 Å². The van der Waals surface area contributed by atoms with Gasteiger partial charge in [-0.2, -0.15) is 0 Å². The van der Waals surface area contributed by atoms with Gasteiger partial charge in [-0.3, -0.25) is 4.57 Å². The molecule has 0 aliphatic heterocycles. The molecule has 46 heavy (non-hydrogen) atoms. The molecular weight excluding hydrogens is 556 g/mol. The van der Waals surface area contributed by atoms with Crippen LogP contribution in [0.5, 0.6) is 0 Å². The number of nitrogens with zero attached hydrogens (tertiary/aromatic N) is 2. The van der Waals surface area contributed by atoms with E-state index in [1.807, 2.05) is 6.07 Å². The van der Waals surface area contributed by atoms with Crippen molar-refractivity contribution in [3.05, 3.63) is 170 Å². The van der Waals surface area contributed by atoms with Crippen LogP contribution in [0.1, 0.15) is 5.82 Å². The Balaban J connectivity index is 1.22. The molecule has 1 heterocycles. The van der Waals surface area contributed by atoms with Crippen molar-refractivity contribution in [3.8, 4) is 39.1 Å². The third-order valence-electron chi connectivity index (χ3n) is 9.31. The molecule has 9 rings (SSSR count). The van der Waals surface area contributed by atoms with Gasteiger partial charge < -0.3 is 0 Å². The lowest BCUT2D eigenvalue weighted by Crippen LogP contribution is -1.97. The average Bonchev–Trinajstić information content (AvgIpc) is 3.46. The van der Waals surface area contributed by atoms with E-state index in [2.05, 4.69) is 169 Å². The van der Waals surface area contributed by atoms with Gasteiger partial charge in [0.15, 0.2) is 0 Å². The first-order valence-electron chi connectivity index (χ1n) is 15.8. The Kier molecular flexibility index (Phi) is 6.07. The van der Waals surface area contributed by atoms with Gasteiger partial charge in [-0.25, -0.2) is 4.98 Å². The van der Waals surface area contributed by atoms with Gasteiger partial charge in [0, 0.05) is 5.69 Å². The van der Waals surface area contributed by atoms with E-state index in [1.54, 1.807) is 0 Å². The summed E-state index contributed by atoms with van der Waals surface area (Å²) >= 11 is 0. The maximum atomic E-state index is 4.79. The van der Waals surface area contributed by atoms with Gasteiger partial charge in [0.25, 0.3) is 0 Å². The van der Waals surface area contributed by atoms with Crippen LogP contribution in [0.3, 0.4) is 0 Å². The first kappa shape index (κ1) is 26.4. The molecule has 2 nitrogen and oxygen atoms in total. The summed E-state index contributed by atoms with van der Waals surface area (Å²) in [6.07, 6.45) is 0. The van der Waals surface area contributed by atoms with Crippen LogP contribution in [-0.4, -0.2) is 9.55 Å². The zero-order chi connectivity index (χ0) is 30.6. The van der Waals surface area contributed by atoms with Crippen LogP contribution in [0.25, 0.3) is 82.4 Å². The van der Waals surface area contributed by atoms with Crippen LogP contribution in [0.4, 0.5) is 0 Å². The van der Waals surface area contributed by atoms with Gasteiger partial charge in [0.1, 0.15) is 5.82 Å². The molecule has 0 unspecified atom stereocenters. The third-order valence-corrected chi connectivity index (χ3v) is 9.31. The molecule has 0 spiro atoms. The number of para-hydroxylation sites is 2. The Morgan fingerprint density at radius 3 is 1.67 bits per heavy atom. The molecular formula is C44H30N2. The summed E-state index contributed by atoms with van der Waals surface area (Å²) in [5.74, 6) is 0.986. The number of hydrogen-bond acceptors (Lipinski definition) is 1. The second-order valence-electron chi connectivity index (χ2n) is 12.0. The maximum Gasteiger partial charge on any atom is 0.111 e. The fourth-order valence-electron chi connectivity index (χ4n) is 7.22. The van der Waals surface area contributed by atoms with Crippen molar-refractivity contribution in [3.63, 3.8) is 0 Å². The molecule has 8 aromatic carbocycles. The monoisotopic (exact) mass is 586 g/mol. The molecule has 2 heteroatoms. The summed E-state index contributed by atoms with van der Waals surface area (Å²) in [7, 11) is 0. The molecule has 0 aliphatic rings. The summed E-state index contributed by atoms with van der Waals surface area (Å²) in [5.41, 5.74) is 10.7. The number of imidazole rings is 1. The molecule has 0 amide bonds. The van der Waals surface area contributed by atoms with Crippen LogP contribution in [0, 0.1) is 6.92 Å². The van der Waals surface area contributed by atoms with Gasteiger partial charge in [-0.1, -0.05) is 127 Å². The minimum Gasteiger partial charge on any atom is -0.297 e. The molecule has 0 radical (unpaired) electrons. The van der Waals surface area contributed by atoms with Gasteiger partial charge in [0.2, 0.25) is 0 Å². The Labute approximate surface area is 267 Å². The van der Waals surface area contributed by atoms with Crippen molar-refractivity contribution in [2.45, 2.75) is 6.92 Å². The van der Waals surface area contributed by atoms with Crippen molar-refractivity contribution >= 4 is 43.4 Å². The number of fused-ring (bicyclic) bond motifs is 4. The fraction of sp³-hybridized carbons (Fsp3) is 0.0227. The SMILES string of the molecule is Cc1nc2ccccc2n1-c1ccc(-c2c3ccccc3c(-c3cccc(-c4ccc5ccccc5c4)c3)c3ccccc23)cc1. The molecule has 1 aromatic heterocycles. The highest BCUT2D eigenvalue weighted by molar-refractivity contribution is 6.21. The normalized spacial score (nSPS) is 11.6. The fourth-order valence-corrected chi connectivity index (χ4v) is 7.22. The second-order valence-corrected chi connectivity index (χ2v) is 12.0. The third kappa shape index (κ3) is 4.22. The Bertz CT molecular complexity index is 2530. The zero-order valence-electron chi connectivity index (χ0n) is 25.5. The van der Waals surface area contributed by atoms with Crippen molar-refractivity contribution in [2.24, 2.45) is 0 Å². The predicted octanol–water partition coefficient (Wildman–Crippen LogP) is 11.8. The molecule has 0 fully saturated rings. The van der Waals surface area contributed by atoms with Gasteiger partial charge in [0.05, 0.1) is 11.0 Å². The quantitative estimate of drug-likeness (QED) is 0.188. The number of benzene rings is 8. The lowest BCUT2D eigenvalue weighted by atomic mass is 9.85. The van der Waals surface area contributed by atoms with Crippen LogP contribution in [0.2, 0.25) is 0 Å². The van der Waals surface area contributed by atoms with E-state index in [0.717, 1.165) is 22.5 Å². The Morgan fingerprint density at radius 2 is 0.957 bits per heavy atom. The zero-order valence-corrected chi connectivity index (χ0v) is 25.5. The molecule has 0 atom stereocenters. The van der Waals surface area contributed by atoms with Crippen LogP contribution >= 0.6 is 0 Å². The second kappa shape index (κ2) is 10.6. The van der Waals surface area contributed by atoms with E-state index in [4.69, 9.17) is 4.98 Å². The van der Waals surface area contributed by atoms with E-state index in [1.165, 1.54) is 65.7 Å². The summed E-state index contributed by atoms with van der Waals surface area (Å²) in [6, 6.07) is 59.4. The lowest BCUT2D eigenvalue weighted by Gasteiger charge is -2.18. The van der Waals surface area contributed by atoms with Crippen molar-refractivity contribution in [1.82, 2.24) is 9.55 Å². The van der Waals surface area contributed by atoms with Gasteiger partial charge in [-0.05, 0) is 109 Å². The average molecular weight is 587 g/mol. The van der Waals surface area contributed by atoms with Crippen LogP contribution in [0.15, 0.2) is 164 Å². The molecule has 0 bridgehead atoms. The highest BCUT2D eigenvalue weighted by Gasteiger charge is 2.17. The van der Waals surface area contributed by atoms with Gasteiger partial charge >= 0.3 is 0 Å². The van der Waals surface area contributed by atoms with Crippen molar-refractivity contribution < 1.29 is 0 Å². The number of hydrogen-bond donors (Lipinski definition) is 0. The lowest BCUT2D eigenvalue weighted by molar-refractivity contribution is 1.00. The first-order chi connectivity index (χ1) is 22.7. The number of aromatic nitrogens is 2. The van der Waals surface area contributed by atoms with Crippen molar-refractivity contribution in [2.75, 3.05) is 0 Å². The number of aryl methyl sites for hydroxylation is 1. The highest BCUT2D eigenvalue weighted by Crippen LogP contribution is 2.44. The van der Waals surface area contributed by atoms with Crippen molar-refractivity contribution in [1.29, 1.82) is 0 Å². The Hall–Kier alpha value is -5.99. The van der Waals surface area contributed by atoms with Crippen LogP contribution < -0.4 is 0 Å². The summed E-state index contributed by atoms with van der Waals surface area (Å²) in [4.78, 5) is 4.79. The largest absolute Gasteiger partial charge is 0.297 e. The standard InChI is InChI=1S/C44H30N2/c1-29-45-41-19-8-9-20-42(41)46(29)36-25-23-31(24-26-36)43-37-15-4-6-17-39(37)44(40-18-7-5-16-38(40)43)35-14-10-13-33(28-35)34-22-21-30-11-2-3-12-32(30)27-34/h2-28H,1H3. The smallest absolute Gasteiger partial charge is 0.111 e. The minimum absolute atomic E-state index is 0.986. The van der Waals surface area contributed by atoms with Crippen LogP contribution in [-0.2, 0) is 0 Å². The summed E-state index contributed by atoms with van der Waals surface area (Å²) in [6.45, 7) is 2.07. The topological polar surface area (TPSA) is 17.8 Å². The molecule has 0 N–H and O–H groups in total. The molecule has 0 saturated carbocycles. The first-order valence-corrected chi connectivity index (χ1v) is 15.8. The molecule has 9 aromatic rings. The highest BCUT2D eigenvalue weighted by atomic mass is 15.1. The number of rotatable bonds is 4. The maximum absolute atomic E-state index is 4.79. The van der Waals surface area contributed by atoms with E-state index < -0.39 is 0 Å². The van der Waals surface area contributed by atoms with E-state index in [0.29, 0.717) is 0 Å². The summed E-state index contributed by atoms with van der Waals surface area (Å²) in [5, 5.41) is 7.54.